The average Bonchev–Trinajstić information content (AvgIpc) is 3.84. The van der Waals surface area contributed by atoms with E-state index in [1.165, 1.54) is 28.0 Å². The number of carbonyl (C=O) groups excluding carboxylic acids is 1. The quantitative estimate of drug-likeness (QED) is 0.213. The molecule has 2 aliphatic carbocycles. The molecule has 0 bridgehead atoms. The van der Waals surface area contributed by atoms with Crippen LogP contribution in [0.3, 0.4) is 0 Å². The Morgan fingerprint density at radius 1 is 1.21 bits per heavy atom. The largest absolute Gasteiger partial charge is 0.420 e. The summed E-state index contributed by atoms with van der Waals surface area (Å²) in [5.74, 6) is 1.32. The number of anilines is 2. The number of aromatic nitrogens is 2. The number of fused-ring (bicyclic) bond motifs is 1. The Kier molecular flexibility index (Phi) is 7.32. The highest BCUT2D eigenvalue weighted by atomic mass is 32.2. The summed E-state index contributed by atoms with van der Waals surface area (Å²) in [5, 5.41) is 6.65. The second-order valence-electron chi connectivity index (χ2n) is 10.4. The lowest BCUT2D eigenvalue weighted by Crippen LogP contribution is -2.26. The molecule has 6 rings (SSSR count). The number of nitrogens with zero attached hydrogens (tertiary/aromatic N) is 3. The molecule has 3 aliphatic rings. The lowest BCUT2D eigenvalue weighted by atomic mass is 9.95. The lowest BCUT2D eigenvalue weighted by molar-refractivity contribution is -0.137. The van der Waals surface area contributed by atoms with Gasteiger partial charge in [0, 0.05) is 46.5 Å². The van der Waals surface area contributed by atoms with Crippen molar-refractivity contribution in [1.82, 2.24) is 20.2 Å². The molecule has 1 aromatic carbocycles. The maximum absolute atomic E-state index is 14.0. The van der Waals surface area contributed by atoms with E-state index in [1.807, 2.05) is 11.8 Å². The highest BCUT2D eigenvalue weighted by Crippen LogP contribution is 2.46. The number of nitrogens with one attached hydrogen (secondary N) is 2. The van der Waals surface area contributed by atoms with Crippen LogP contribution in [0.5, 0.6) is 0 Å². The van der Waals surface area contributed by atoms with Gasteiger partial charge in [0.1, 0.15) is 5.56 Å². The number of carbonyl (C=O) groups is 1. The predicted molar refractivity (Wildman–Crippen MR) is 149 cm³/mol. The van der Waals surface area contributed by atoms with Crippen molar-refractivity contribution < 1.29 is 18.0 Å². The van der Waals surface area contributed by atoms with Gasteiger partial charge < -0.3 is 15.5 Å². The van der Waals surface area contributed by atoms with Gasteiger partial charge in [-0.05, 0) is 80.3 Å². The van der Waals surface area contributed by atoms with Gasteiger partial charge in [-0.25, -0.2) is 9.97 Å². The standard InChI is InChI=1S/C28H30F3N5OS2/c1-16-24(38-9-8-36(15-37)20-4-5-20)12-25(39-16)26-22(28(29,30)31)14-33-27(35-26)34-23-11-19-13-32-7-6-18(19)10-21(23)17-2-3-17/h10-12,14-15,17,20,32H,2-9,13H2,1H3,(H,33,34,35). The van der Waals surface area contributed by atoms with E-state index in [-0.39, 0.29) is 11.6 Å². The van der Waals surface area contributed by atoms with Crippen LogP contribution in [-0.2, 0) is 23.9 Å². The van der Waals surface area contributed by atoms with E-state index in [2.05, 4.69) is 32.7 Å². The van der Waals surface area contributed by atoms with Crippen LogP contribution in [0.4, 0.5) is 24.8 Å². The number of thioether (sulfide) groups is 1. The van der Waals surface area contributed by atoms with E-state index >= 15 is 0 Å². The summed E-state index contributed by atoms with van der Waals surface area (Å²) in [6.45, 7) is 4.25. The molecule has 0 atom stereocenters. The molecule has 206 valence electrons. The predicted octanol–water partition coefficient (Wildman–Crippen LogP) is 6.51. The van der Waals surface area contributed by atoms with E-state index in [9.17, 15) is 18.0 Å². The van der Waals surface area contributed by atoms with Crippen molar-refractivity contribution in [3.8, 4) is 10.6 Å². The molecule has 2 fully saturated rings. The Hall–Kier alpha value is -2.63. The van der Waals surface area contributed by atoms with Gasteiger partial charge in [0.2, 0.25) is 12.4 Å². The fourth-order valence-corrected chi connectivity index (χ4v) is 7.29. The van der Waals surface area contributed by atoms with Crippen molar-refractivity contribution in [3.63, 3.8) is 0 Å². The van der Waals surface area contributed by atoms with Crippen LogP contribution in [0.15, 0.2) is 29.3 Å². The van der Waals surface area contributed by atoms with Crippen molar-refractivity contribution in [2.75, 3.05) is 24.2 Å². The molecule has 0 spiro atoms. The van der Waals surface area contributed by atoms with Gasteiger partial charge in [-0.2, -0.15) is 13.2 Å². The van der Waals surface area contributed by atoms with Crippen LogP contribution in [-0.4, -0.2) is 46.2 Å². The average molecular weight is 574 g/mol. The zero-order valence-electron chi connectivity index (χ0n) is 21.6. The summed E-state index contributed by atoms with van der Waals surface area (Å²) < 4.78 is 42.1. The van der Waals surface area contributed by atoms with Crippen LogP contribution in [0.25, 0.3) is 10.6 Å². The van der Waals surface area contributed by atoms with Gasteiger partial charge in [0.25, 0.3) is 0 Å². The summed E-state index contributed by atoms with van der Waals surface area (Å²) in [6.07, 6.45) is 2.49. The van der Waals surface area contributed by atoms with Crippen molar-refractivity contribution in [2.24, 2.45) is 0 Å². The molecule has 2 N–H and O–H groups in total. The van der Waals surface area contributed by atoms with E-state index in [4.69, 9.17) is 0 Å². The Balaban J connectivity index is 1.28. The van der Waals surface area contributed by atoms with Gasteiger partial charge in [0.05, 0.1) is 10.6 Å². The van der Waals surface area contributed by atoms with Crippen LogP contribution in [0.1, 0.15) is 58.7 Å². The zero-order chi connectivity index (χ0) is 27.1. The molecular weight excluding hydrogens is 543 g/mol. The Morgan fingerprint density at radius 3 is 2.74 bits per heavy atom. The van der Waals surface area contributed by atoms with Crippen molar-refractivity contribution in [2.45, 2.75) is 68.6 Å². The van der Waals surface area contributed by atoms with E-state index in [0.29, 0.717) is 29.1 Å². The number of aryl methyl sites for hydroxylation is 1. The second-order valence-corrected chi connectivity index (χ2v) is 12.8. The fourth-order valence-electron chi connectivity index (χ4n) is 5.06. The van der Waals surface area contributed by atoms with Crippen molar-refractivity contribution >= 4 is 41.1 Å². The molecule has 11 heteroatoms. The van der Waals surface area contributed by atoms with Crippen LogP contribution < -0.4 is 10.6 Å². The third-order valence-corrected chi connectivity index (χ3v) is 9.79. The van der Waals surface area contributed by atoms with Gasteiger partial charge in [0.15, 0.2) is 0 Å². The minimum absolute atomic E-state index is 0.111. The molecule has 1 amide bonds. The maximum atomic E-state index is 14.0. The van der Waals surface area contributed by atoms with Crippen LogP contribution in [0, 0.1) is 6.92 Å². The molecule has 3 heterocycles. The monoisotopic (exact) mass is 573 g/mol. The Morgan fingerprint density at radius 2 is 2.03 bits per heavy atom. The number of benzene rings is 1. The van der Waals surface area contributed by atoms with Crippen molar-refractivity contribution in [1.29, 1.82) is 0 Å². The molecule has 2 saturated carbocycles. The molecule has 6 nitrogen and oxygen atoms in total. The minimum Gasteiger partial charge on any atom is -0.341 e. The third-order valence-electron chi connectivity index (χ3n) is 7.48. The van der Waals surface area contributed by atoms with E-state index in [1.54, 1.807) is 17.8 Å². The topological polar surface area (TPSA) is 70.2 Å². The van der Waals surface area contributed by atoms with Crippen LogP contribution >= 0.6 is 23.1 Å². The number of alkyl halides is 3. The molecular formula is C28H30F3N5OS2. The molecule has 0 saturated heterocycles. The smallest absolute Gasteiger partial charge is 0.341 e. The summed E-state index contributed by atoms with van der Waals surface area (Å²) in [5.41, 5.74) is 3.65. The highest BCUT2D eigenvalue weighted by molar-refractivity contribution is 7.99. The summed E-state index contributed by atoms with van der Waals surface area (Å²) >= 11 is 2.86. The Bertz CT molecular complexity index is 1380. The number of amides is 1. The first-order chi connectivity index (χ1) is 18.8. The first-order valence-electron chi connectivity index (χ1n) is 13.3. The molecule has 1 aliphatic heterocycles. The van der Waals surface area contributed by atoms with Crippen molar-refractivity contribution in [3.05, 3.63) is 51.5 Å². The van der Waals surface area contributed by atoms with E-state index in [0.717, 1.165) is 73.3 Å². The lowest BCUT2D eigenvalue weighted by Gasteiger charge is -2.21. The maximum Gasteiger partial charge on any atom is 0.420 e. The highest BCUT2D eigenvalue weighted by Gasteiger charge is 2.36. The first-order valence-corrected chi connectivity index (χ1v) is 15.1. The van der Waals surface area contributed by atoms with Gasteiger partial charge in [-0.15, -0.1) is 23.1 Å². The van der Waals surface area contributed by atoms with Crippen LogP contribution in [0.2, 0.25) is 0 Å². The molecule has 39 heavy (non-hydrogen) atoms. The van der Waals surface area contributed by atoms with Gasteiger partial charge >= 0.3 is 6.18 Å². The SMILES string of the molecule is Cc1sc(-c2nc(Nc3cc4c(cc3C3CC3)CCNC4)ncc2C(F)(F)F)cc1SCCN(C=O)C1CC1. The molecule has 3 aromatic rings. The van der Waals surface area contributed by atoms with Gasteiger partial charge in [-0.1, -0.05) is 6.07 Å². The first kappa shape index (κ1) is 26.6. The number of rotatable bonds is 10. The number of halogens is 3. The zero-order valence-corrected chi connectivity index (χ0v) is 23.2. The molecule has 0 unspecified atom stereocenters. The summed E-state index contributed by atoms with van der Waals surface area (Å²) in [7, 11) is 0. The fraction of sp³-hybridized carbons (Fsp3) is 0.464. The number of hydrogen-bond acceptors (Lipinski definition) is 7. The Labute approximate surface area is 233 Å². The van der Waals surface area contributed by atoms with Gasteiger partial charge in [-0.3, -0.25) is 4.79 Å². The second kappa shape index (κ2) is 10.7. The normalized spacial score (nSPS) is 17.1. The van der Waals surface area contributed by atoms with E-state index < -0.39 is 11.7 Å². The number of hydrogen-bond donors (Lipinski definition) is 2. The summed E-state index contributed by atoms with van der Waals surface area (Å²) in [6, 6.07) is 6.48. The molecule has 0 radical (unpaired) electrons. The number of thiophene rings is 1. The minimum atomic E-state index is -4.58. The third kappa shape index (κ3) is 5.95. The summed E-state index contributed by atoms with van der Waals surface area (Å²) in [4.78, 5) is 23.9. The molecule has 2 aromatic heterocycles.